The lowest BCUT2D eigenvalue weighted by Gasteiger charge is -2.23. The first-order valence-electron chi connectivity index (χ1n) is 13.3. The third-order valence-corrected chi connectivity index (χ3v) is 6.64. The van der Waals surface area contributed by atoms with Crippen molar-refractivity contribution in [2.75, 3.05) is 33.4 Å². The van der Waals surface area contributed by atoms with Crippen LogP contribution >= 0.6 is 23.2 Å². The number of amides is 1. The Morgan fingerprint density at radius 2 is 1.63 bits per heavy atom. The van der Waals surface area contributed by atoms with Crippen molar-refractivity contribution in [3.63, 3.8) is 0 Å². The van der Waals surface area contributed by atoms with Crippen LogP contribution in [0, 0.1) is 6.92 Å². The van der Waals surface area contributed by atoms with Crippen LogP contribution in [0.25, 0.3) is 0 Å². The summed E-state index contributed by atoms with van der Waals surface area (Å²) in [6.45, 7) is 4.89. The van der Waals surface area contributed by atoms with Crippen molar-refractivity contribution in [3.8, 4) is 17.2 Å². The van der Waals surface area contributed by atoms with E-state index in [1.807, 2.05) is 25.1 Å². The highest BCUT2D eigenvalue weighted by molar-refractivity contribution is 6.34. The van der Waals surface area contributed by atoms with Crippen molar-refractivity contribution in [2.24, 2.45) is 0 Å². The molecule has 0 spiro atoms. The van der Waals surface area contributed by atoms with Crippen LogP contribution < -0.4 is 14.2 Å². The summed E-state index contributed by atoms with van der Waals surface area (Å²) in [6.07, 6.45) is 0.146. The first kappa shape index (κ1) is 32.1. The zero-order valence-electron chi connectivity index (χ0n) is 23.4. The fourth-order valence-electron chi connectivity index (χ4n) is 4.17. The van der Waals surface area contributed by atoms with E-state index in [1.165, 1.54) is 7.11 Å². The van der Waals surface area contributed by atoms with E-state index in [1.54, 1.807) is 54.3 Å². The number of benzene rings is 3. The number of methoxy groups -OCH3 is 1. The van der Waals surface area contributed by atoms with Crippen molar-refractivity contribution in [2.45, 2.75) is 39.2 Å². The first-order chi connectivity index (χ1) is 19.7. The SMILES string of the molecule is CCOC(Cc1ccc(OCCN(CCCc2cc(Cl)cc(Cl)c2)C(=O)Oc2cc(C)ccc2OC)cc1)C(=O)O. The van der Waals surface area contributed by atoms with Gasteiger partial charge in [-0.2, -0.15) is 0 Å². The molecule has 41 heavy (non-hydrogen) atoms. The normalized spacial score (nSPS) is 11.5. The van der Waals surface area contributed by atoms with Gasteiger partial charge in [0, 0.05) is 29.6 Å². The molecule has 220 valence electrons. The van der Waals surface area contributed by atoms with E-state index in [-0.39, 0.29) is 19.6 Å². The lowest BCUT2D eigenvalue weighted by Crippen LogP contribution is -2.37. The van der Waals surface area contributed by atoms with E-state index < -0.39 is 18.2 Å². The molecule has 0 aliphatic carbocycles. The van der Waals surface area contributed by atoms with Crippen LogP contribution in [0.4, 0.5) is 4.79 Å². The van der Waals surface area contributed by atoms with Gasteiger partial charge in [-0.15, -0.1) is 0 Å². The Kier molecular flexibility index (Phi) is 12.6. The maximum Gasteiger partial charge on any atom is 0.415 e. The summed E-state index contributed by atoms with van der Waals surface area (Å²) >= 11 is 12.3. The van der Waals surface area contributed by atoms with E-state index in [4.69, 9.17) is 42.1 Å². The highest BCUT2D eigenvalue weighted by Crippen LogP contribution is 2.28. The average Bonchev–Trinajstić information content (AvgIpc) is 2.92. The van der Waals surface area contributed by atoms with E-state index >= 15 is 0 Å². The number of carboxylic acid groups (broad SMARTS) is 1. The number of carbonyl (C=O) groups is 2. The molecule has 0 aliphatic heterocycles. The van der Waals surface area contributed by atoms with Crippen LogP contribution in [0.3, 0.4) is 0 Å². The van der Waals surface area contributed by atoms with Crippen molar-refractivity contribution < 1.29 is 33.6 Å². The molecule has 3 rings (SSSR count). The fourth-order valence-corrected chi connectivity index (χ4v) is 4.75. The first-order valence-corrected chi connectivity index (χ1v) is 14.1. The van der Waals surface area contributed by atoms with Gasteiger partial charge in [0.05, 0.1) is 13.7 Å². The van der Waals surface area contributed by atoms with Crippen LogP contribution in [-0.2, 0) is 22.4 Å². The zero-order valence-corrected chi connectivity index (χ0v) is 24.9. The maximum atomic E-state index is 13.2. The van der Waals surface area contributed by atoms with Gasteiger partial charge in [0.2, 0.25) is 0 Å². The predicted octanol–water partition coefficient (Wildman–Crippen LogP) is 6.86. The van der Waals surface area contributed by atoms with E-state index in [0.717, 1.165) is 16.7 Å². The Morgan fingerprint density at radius 1 is 0.927 bits per heavy atom. The Bertz CT molecular complexity index is 1280. The van der Waals surface area contributed by atoms with E-state index in [0.29, 0.717) is 53.3 Å². The van der Waals surface area contributed by atoms with Crippen LogP contribution in [0.2, 0.25) is 10.0 Å². The highest BCUT2D eigenvalue weighted by atomic mass is 35.5. The zero-order chi connectivity index (χ0) is 29.8. The molecule has 1 atom stereocenters. The lowest BCUT2D eigenvalue weighted by molar-refractivity contribution is -0.149. The summed E-state index contributed by atoms with van der Waals surface area (Å²) in [5.74, 6) is 0.399. The number of hydrogen-bond donors (Lipinski definition) is 1. The minimum Gasteiger partial charge on any atom is -0.493 e. The van der Waals surface area contributed by atoms with Crippen LogP contribution in [-0.4, -0.2) is 61.6 Å². The molecule has 1 unspecified atom stereocenters. The Balaban J connectivity index is 1.63. The molecule has 0 aromatic heterocycles. The second-order valence-corrected chi connectivity index (χ2v) is 10.2. The maximum absolute atomic E-state index is 13.2. The van der Waals surface area contributed by atoms with Crippen molar-refractivity contribution in [1.82, 2.24) is 4.90 Å². The number of carbonyl (C=O) groups excluding carboxylic acids is 1. The minimum atomic E-state index is -0.999. The number of nitrogens with zero attached hydrogens (tertiary/aromatic N) is 1. The van der Waals surface area contributed by atoms with Gasteiger partial charge >= 0.3 is 12.1 Å². The number of ether oxygens (including phenoxy) is 4. The minimum absolute atomic E-state index is 0.221. The largest absolute Gasteiger partial charge is 0.493 e. The third-order valence-electron chi connectivity index (χ3n) is 6.21. The predicted molar refractivity (Wildman–Crippen MR) is 159 cm³/mol. The molecular formula is C31H35Cl2NO7. The Hall–Kier alpha value is -3.46. The van der Waals surface area contributed by atoms with Crippen molar-refractivity contribution in [3.05, 3.63) is 87.4 Å². The molecule has 0 heterocycles. The van der Waals surface area contributed by atoms with Gasteiger partial charge in [0.15, 0.2) is 17.6 Å². The molecule has 8 nitrogen and oxygen atoms in total. The third kappa shape index (κ3) is 10.5. The van der Waals surface area contributed by atoms with Gasteiger partial charge in [-0.3, -0.25) is 0 Å². The van der Waals surface area contributed by atoms with E-state index in [2.05, 4.69) is 0 Å². The van der Waals surface area contributed by atoms with Gasteiger partial charge in [-0.05, 0) is 85.8 Å². The summed E-state index contributed by atoms with van der Waals surface area (Å²) in [5.41, 5.74) is 2.72. The topological polar surface area (TPSA) is 94.5 Å². The van der Waals surface area contributed by atoms with Crippen molar-refractivity contribution in [1.29, 1.82) is 0 Å². The quantitative estimate of drug-likeness (QED) is 0.203. The van der Waals surface area contributed by atoms with Crippen molar-refractivity contribution >= 4 is 35.3 Å². The number of rotatable bonds is 15. The van der Waals surface area contributed by atoms with Gasteiger partial charge in [-0.25, -0.2) is 9.59 Å². The fraction of sp³-hybridized carbons (Fsp3) is 0.355. The number of halogens is 2. The molecule has 0 aliphatic rings. The second kappa shape index (κ2) is 16.1. The summed E-state index contributed by atoms with van der Waals surface area (Å²) < 4.78 is 22.3. The van der Waals surface area contributed by atoms with Gasteiger partial charge in [0.1, 0.15) is 12.4 Å². The number of carboxylic acids is 1. The molecular weight excluding hydrogens is 569 g/mol. The Labute approximate surface area is 250 Å². The molecule has 0 saturated carbocycles. The summed E-state index contributed by atoms with van der Waals surface area (Å²) in [6, 6.07) is 17.9. The molecule has 1 N–H and O–H groups in total. The summed E-state index contributed by atoms with van der Waals surface area (Å²) in [7, 11) is 1.52. The molecule has 0 fully saturated rings. The van der Waals surface area contributed by atoms with Gasteiger partial charge in [-0.1, -0.05) is 41.4 Å². The average molecular weight is 605 g/mol. The standard InChI is InChI=1S/C31H35Cl2NO7/c1-4-39-29(30(35)36)19-22-8-10-26(11-9-22)40-15-14-34(13-5-6-23-17-24(32)20-25(33)18-23)31(37)41-28-16-21(2)7-12-27(28)38-3/h7-12,16-18,20,29H,4-6,13-15,19H2,1-3H3,(H,35,36). The summed E-state index contributed by atoms with van der Waals surface area (Å²) in [4.78, 5) is 26.2. The number of aliphatic carboxylic acids is 1. The van der Waals surface area contributed by atoms with Crippen LogP contribution in [0.5, 0.6) is 17.2 Å². The number of hydrogen-bond acceptors (Lipinski definition) is 6. The smallest absolute Gasteiger partial charge is 0.415 e. The van der Waals surface area contributed by atoms with Gasteiger partial charge < -0.3 is 29.0 Å². The molecule has 3 aromatic rings. The second-order valence-electron chi connectivity index (χ2n) is 9.37. The molecule has 3 aromatic carbocycles. The van der Waals surface area contributed by atoms with Crippen LogP contribution in [0.1, 0.15) is 30.0 Å². The highest BCUT2D eigenvalue weighted by Gasteiger charge is 2.20. The molecule has 0 radical (unpaired) electrons. The van der Waals surface area contributed by atoms with Gasteiger partial charge in [0.25, 0.3) is 0 Å². The monoisotopic (exact) mass is 603 g/mol. The lowest BCUT2D eigenvalue weighted by atomic mass is 10.1. The molecule has 0 bridgehead atoms. The summed E-state index contributed by atoms with van der Waals surface area (Å²) in [5, 5.41) is 10.4. The molecule has 10 heteroatoms. The van der Waals surface area contributed by atoms with E-state index in [9.17, 15) is 14.7 Å². The Morgan fingerprint density at radius 3 is 2.27 bits per heavy atom. The van der Waals surface area contributed by atoms with Crippen LogP contribution in [0.15, 0.2) is 60.7 Å². The number of aryl methyl sites for hydroxylation is 2. The molecule has 0 saturated heterocycles. The molecule has 1 amide bonds.